The predicted molar refractivity (Wildman–Crippen MR) is 120 cm³/mol. The fraction of sp³-hybridized carbons (Fsp3) is 0.818. The SMILES string of the molecule is CC.CC(C)CCCCN/C=C(\N)COC/C(N)=C/NCCCCC(C)C. The van der Waals surface area contributed by atoms with Gasteiger partial charge in [0.05, 0.1) is 24.6 Å². The van der Waals surface area contributed by atoms with E-state index in [0.717, 1.165) is 24.9 Å². The molecule has 27 heavy (non-hydrogen) atoms. The lowest BCUT2D eigenvalue weighted by Gasteiger charge is -2.08. The monoisotopic (exact) mass is 384 g/mol. The zero-order valence-corrected chi connectivity index (χ0v) is 18.9. The van der Waals surface area contributed by atoms with Crippen molar-refractivity contribution in [1.82, 2.24) is 10.6 Å². The third-order valence-corrected chi connectivity index (χ3v) is 3.82. The van der Waals surface area contributed by atoms with Crippen LogP contribution in [0.3, 0.4) is 0 Å². The Kier molecular flexibility index (Phi) is 21.6. The molecule has 0 rings (SSSR count). The molecule has 0 radical (unpaired) electrons. The third-order valence-electron chi connectivity index (χ3n) is 3.82. The first kappa shape index (κ1) is 27.9. The number of unbranched alkanes of at least 4 members (excludes halogenated alkanes) is 2. The Bertz CT molecular complexity index is 331. The highest BCUT2D eigenvalue weighted by molar-refractivity contribution is 4.98. The maximum absolute atomic E-state index is 5.90. The molecule has 0 aliphatic rings. The molecular formula is C22H48N4O. The first-order chi connectivity index (χ1) is 12.9. The van der Waals surface area contributed by atoms with Crippen molar-refractivity contribution < 1.29 is 4.74 Å². The standard InChI is InChI=1S/C20H42N4O.C2H6/c1-17(2)9-5-7-11-23-13-19(21)15-25-16-20(22)14-24-12-8-6-10-18(3)4;1-2/h13-14,17-18,23-24H,5-12,15-16,21-22H2,1-4H3;1-2H3/b19-13-,20-14-;. The van der Waals surface area contributed by atoms with Gasteiger partial charge in [-0.2, -0.15) is 0 Å². The van der Waals surface area contributed by atoms with Crippen molar-refractivity contribution in [3.05, 3.63) is 23.8 Å². The fourth-order valence-corrected chi connectivity index (χ4v) is 2.34. The van der Waals surface area contributed by atoms with Crippen molar-refractivity contribution in [3.63, 3.8) is 0 Å². The molecule has 6 N–H and O–H groups in total. The molecule has 0 saturated carbocycles. The number of hydrogen-bond acceptors (Lipinski definition) is 5. The van der Waals surface area contributed by atoms with Crippen LogP contribution in [-0.2, 0) is 4.74 Å². The topological polar surface area (TPSA) is 85.3 Å². The van der Waals surface area contributed by atoms with Gasteiger partial charge >= 0.3 is 0 Å². The highest BCUT2D eigenvalue weighted by Crippen LogP contribution is 2.05. The molecule has 0 heterocycles. The van der Waals surface area contributed by atoms with E-state index in [9.17, 15) is 0 Å². The van der Waals surface area contributed by atoms with E-state index in [-0.39, 0.29) is 0 Å². The number of rotatable bonds is 16. The van der Waals surface area contributed by atoms with Crippen molar-refractivity contribution in [3.8, 4) is 0 Å². The lowest BCUT2D eigenvalue weighted by atomic mass is 10.1. The highest BCUT2D eigenvalue weighted by Gasteiger charge is 1.96. The molecule has 0 saturated heterocycles. The predicted octanol–water partition coefficient (Wildman–Crippen LogP) is 4.46. The number of ether oxygens (including phenoxy) is 1. The molecule has 0 aliphatic heterocycles. The minimum atomic E-state index is 0.391. The third kappa shape index (κ3) is 24.6. The Balaban J connectivity index is 0. The molecule has 0 aromatic rings. The average Bonchev–Trinajstić information content (AvgIpc) is 2.62. The van der Waals surface area contributed by atoms with E-state index in [4.69, 9.17) is 16.2 Å². The second-order valence-electron chi connectivity index (χ2n) is 7.62. The zero-order chi connectivity index (χ0) is 20.9. The summed E-state index contributed by atoms with van der Waals surface area (Å²) < 4.78 is 5.51. The molecule has 0 aromatic carbocycles. The molecule has 5 nitrogen and oxygen atoms in total. The highest BCUT2D eigenvalue weighted by atomic mass is 16.5. The zero-order valence-electron chi connectivity index (χ0n) is 18.9. The van der Waals surface area contributed by atoms with E-state index in [1.54, 1.807) is 0 Å². The van der Waals surface area contributed by atoms with Gasteiger partial charge < -0.3 is 26.8 Å². The largest absolute Gasteiger partial charge is 0.399 e. The van der Waals surface area contributed by atoms with Crippen LogP contribution in [0.4, 0.5) is 0 Å². The van der Waals surface area contributed by atoms with E-state index in [1.165, 1.54) is 38.5 Å². The van der Waals surface area contributed by atoms with E-state index in [1.807, 2.05) is 26.2 Å². The van der Waals surface area contributed by atoms with E-state index in [0.29, 0.717) is 24.6 Å². The summed E-state index contributed by atoms with van der Waals surface area (Å²) >= 11 is 0. The van der Waals surface area contributed by atoms with Gasteiger partial charge in [-0.25, -0.2) is 0 Å². The molecule has 0 unspecified atom stereocenters. The van der Waals surface area contributed by atoms with Crippen LogP contribution in [0, 0.1) is 11.8 Å². The van der Waals surface area contributed by atoms with E-state index in [2.05, 4.69) is 38.3 Å². The molecule has 0 aliphatic carbocycles. The summed E-state index contributed by atoms with van der Waals surface area (Å²) in [7, 11) is 0. The van der Waals surface area contributed by atoms with Crippen LogP contribution < -0.4 is 22.1 Å². The summed E-state index contributed by atoms with van der Waals surface area (Å²) in [6.45, 7) is 15.7. The minimum absolute atomic E-state index is 0.391. The van der Waals surface area contributed by atoms with Gasteiger partial charge in [-0.1, -0.05) is 67.2 Å². The molecule has 0 spiro atoms. The normalized spacial score (nSPS) is 12.1. The lowest BCUT2D eigenvalue weighted by Crippen LogP contribution is -2.18. The summed E-state index contributed by atoms with van der Waals surface area (Å²) in [5, 5.41) is 6.47. The summed E-state index contributed by atoms with van der Waals surface area (Å²) in [6.07, 6.45) is 11.1. The molecule has 0 atom stereocenters. The fourth-order valence-electron chi connectivity index (χ4n) is 2.34. The van der Waals surface area contributed by atoms with Crippen LogP contribution >= 0.6 is 0 Å². The lowest BCUT2D eigenvalue weighted by molar-refractivity contribution is 0.177. The van der Waals surface area contributed by atoms with Crippen LogP contribution in [0.15, 0.2) is 23.8 Å². The van der Waals surface area contributed by atoms with Crippen LogP contribution in [0.25, 0.3) is 0 Å². The molecule has 5 heteroatoms. The molecule has 0 aromatic heterocycles. The van der Waals surface area contributed by atoms with Crippen LogP contribution in [0.5, 0.6) is 0 Å². The molecule has 162 valence electrons. The number of nitrogens with one attached hydrogen (secondary N) is 2. The Labute approximate surface area is 169 Å². The summed E-state index contributed by atoms with van der Waals surface area (Å²) in [5.74, 6) is 1.56. The van der Waals surface area contributed by atoms with Gasteiger partial charge in [-0.15, -0.1) is 0 Å². The Morgan fingerprint density at radius 2 is 1.11 bits per heavy atom. The molecular weight excluding hydrogens is 336 g/mol. The Hall–Kier alpha value is -1.36. The average molecular weight is 385 g/mol. The summed E-state index contributed by atoms with van der Waals surface area (Å²) in [6, 6.07) is 0. The first-order valence-corrected chi connectivity index (χ1v) is 10.8. The molecule has 0 fully saturated rings. The quantitative estimate of drug-likeness (QED) is 0.295. The van der Waals surface area contributed by atoms with Gasteiger partial charge in [0.1, 0.15) is 0 Å². The first-order valence-electron chi connectivity index (χ1n) is 10.8. The number of hydrogen-bond donors (Lipinski definition) is 4. The van der Waals surface area contributed by atoms with Crippen molar-refractivity contribution in [2.75, 3.05) is 26.3 Å². The van der Waals surface area contributed by atoms with Crippen molar-refractivity contribution in [2.45, 2.75) is 80.1 Å². The second-order valence-corrected chi connectivity index (χ2v) is 7.62. The maximum Gasteiger partial charge on any atom is 0.0880 e. The van der Waals surface area contributed by atoms with Gasteiger partial charge in [-0.05, 0) is 24.7 Å². The Morgan fingerprint density at radius 3 is 1.44 bits per heavy atom. The van der Waals surface area contributed by atoms with Crippen molar-refractivity contribution in [2.24, 2.45) is 23.3 Å². The van der Waals surface area contributed by atoms with Crippen molar-refractivity contribution >= 4 is 0 Å². The van der Waals surface area contributed by atoms with Gasteiger partial charge in [0.2, 0.25) is 0 Å². The van der Waals surface area contributed by atoms with Crippen LogP contribution in [0.2, 0.25) is 0 Å². The van der Waals surface area contributed by atoms with Gasteiger partial charge in [0.15, 0.2) is 0 Å². The molecule has 0 amide bonds. The van der Waals surface area contributed by atoms with Gasteiger partial charge in [0, 0.05) is 25.5 Å². The van der Waals surface area contributed by atoms with E-state index >= 15 is 0 Å². The van der Waals surface area contributed by atoms with Crippen molar-refractivity contribution in [1.29, 1.82) is 0 Å². The summed E-state index contributed by atoms with van der Waals surface area (Å²) in [4.78, 5) is 0. The number of nitrogens with two attached hydrogens (primary N) is 2. The van der Waals surface area contributed by atoms with Crippen LogP contribution in [-0.4, -0.2) is 26.3 Å². The maximum atomic E-state index is 5.90. The second kappa shape index (κ2) is 20.9. The van der Waals surface area contributed by atoms with Gasteiger partial charge in [-0.3, -0.25) is 0 Å². The van der Waals surface area contributed by atoms with Gasteiger partial charge in [0.25, 0.3) is 0 Å². The minimum Gasteiger partial charge on any atom is -0.399 e. The smallest absolute Gasteiger partial charge is 0.0880 e. The van der Waals surface area contributed by atoms with Crippen LogP contribution in [0.1, 0.15) is 80.1 Å². The summed E-state index contributed by atoms with van der Waals surface area (Å²) in [5.41, 5.74) is 13.2. The van der Waals surface area contributed by atoms with E-state index < -0.39 is 0 Å². The Morgan fingerprint density at radius 1 is 0.741 bits per heavy atom. The molecule has 0 bridgehead atoms.